The van der Waals surface area contributed by atoms with Gasteiger partial charge >= 0.3 is 0 Å². The zero-order valence-corrected chi connectivity index (χ0v) is 12.7. The molecule has 2 aliphatic carbocycles. The molecule has 2 fully saturated rings. The lowest BCUT2D eigenvalue weighted by Crippen LogP contribution is -2.43. The minimum Gasteiger partial charge on any atom is -0.493 e. The van der Waals surface area contributed by atoms with E-state index < -0.39 is 0 Å². The van der Waals surface area contributed by atoms with Gasteiger partial charge in [-0.2, -0.15) is 0 Å². The molecule has 0 atom stereocenters. The van der Waals surface area contributed by atoms with Crippen LogP contribution in [-0.2, 0) is 5.54 Å². The van der Waals surface area contributed by atoms with Crippen LogP contribution in [0.1, 0.15) is 50.5 Å². The van der Waals surface area contributed by atoms with Crippen molar-refractivity contribution in [2.24, 2.45) is 5.73 Å². The van der Waals surface area contributed by atoms with E-state index in [2.05, 4.69) is 0 Å². The summed E-state index contributed by atoms with van der Waals surface area (Å²) in [6.45, 7) is 0. The summed E-state index contributed by atoms with van der Waals surface area (Å²) in [5.74, 6) is 1.52. The fourth-order valence-corrected chi connectivity index (χ4v) is 3.42. The molecule has 0 heterocycles. The smallest absolute Gasteiger partial charge is 0.166 e. The Hall–Kier alpha value is -0.930. The maximum Gasteiger partial charge on any atom is 0.166 e. The van der Waals surface area contributed by atoms with Crippen molar-refractivity contribution in [3.05, 3.63) is 22.7 Å². The molecule has 3 rings (SSSR count). The highest BCUT2D eigenvalue weighted by Crippen LogP contribution is 2.48. The van der Waals surface area contributed by atoms with Gasteiger partial charge in [-0.05, 0) is 51.0 Å². The molecule has 0 spiro atoms. The van der Waals surface area contributed by atoms with E-state index in [-0.39, 0.29) is 11.6 Å². The third-order valence-corrected chi connectivity index (χ3v) is 4.83. The molecule has 20 heavy (non-hydrogen) atoms. The van der Waals surface area contributed by atoms with Gasteiger partial charge in [0, 0.05) is 22.2 Å². The van der Waals surface area contributed by atoms with E-state index >= 15 is 0 Å². The first-order valence-electron chi connectivity index (χ1n) is 7.46. The maximum atomic E-state index is 6.50. The summed E-state index contributed by atoms with van der Waals surface area (Å²) < 4.78 is 11.7. The average molecular weight is 296 g/mol. The predicted molar refractivity (Wildman–Crippen MR) is 80.6 cm³/mol. The first kappa shape index (κ1) is 14.0. The van der Waals surface area contributed by atoms with Gasteiger partial charge < -0.3 is 15.2 Å². The van der Waals surface area contributed by atoms with E-state index in [1.807, 2.05) is 12.1 Å². The molecule has 0 aliphatic heterocycles. The molecule has 1 aromatic rings. The summed E-state index contributed by atoms with van der Waals surface area (Å²) in [6.07, 6.45) is 8.12. The van der Waals surface area contributed by atoms with Crippen LogP contribution >= 0.6 is 11.6 Å². The number of hydrogen-bond donors (Lipinski definition) is 1. The van der Waals surface area contributed by atoms with E-state index in [4.69, 9.17) is 26.8 Å². The Morgan fingerprint density at radius 3 is 2.45 bits per heavy atom. The van der Waals surface area contributed by atoms with Gasteiger partial charge in [0.05, 0.1) is 13.2 Å². The zero-order chi connectivity index (χ0) is 14.2. The van der Waals surface area contributed by atoms with Crippen molar-refractivity contribution in [1.29, 1.82) is 0 Å². The van der Waals surface area contributed by atoms with Gasteiger partial charge in [-0.1, -0.05) is 11.6 Å². The van der Waals surface area contributed by atoms with Crippen LogP contribution in [0.4, 0.5) is 0 Å². The molecule has 1 aromatic carbocycles. The normalized spacial score (nSPS) is 21.6. The lowest BCUT2D eigenvalue weighted by Gasteiger charge is -2.40. The highest BCUT2D eigenvalue weighted by atomic mass is 35.5. The number of nitrogens with two attached hydrogens (primary N) is 1. The Labute approximate surface area is 125 Å². The zero-order valence-electron chi connectivity index (χ0n) is 12.0. The molecule has 2 N–H and O–H groups in total. The summed E-state index contributed by atoms with van der Waals surface area (Å²) >= 11 is 6.21. The van der Waals surface area contributed by atoms with E-state index in [0.717, 1.165) is 43.4 Å². The van der Waals surface area contributed by atoms with Gasteiger partial charge in [-0.3, -0.25) is 0 Å². The van der Waals surface area contributed by atoms with Gasteiger partial charge in [0.25, 0.3) is 0 Å². The van der Waals surface area contributed by atoms with Crippen LogP contribution in [0.3, 0.4) is 0 Å². The molecule has 3 nitrogen and oxygen atoms in total. The van der Waals surface area contributed by atoms with Crippen LogP contribution in [0.25, 0.3) is 0 Å². The Kier molecular flexibility index (Phi) is 3.83. The van der Waals surface area contributed by atoms with Crippen molar-refractivity contribution in [2.75, 3.05) is 7.11 Å². The highest BCUT2D eigenvalue weighted by molar-refractivity contribution is 6.30. The van der Waals surface area contributed by atoms with Crippen LogP contribution in [-0.4, -0.2) is 13.2 Å². The fraction of sp³-hybridized carbons (Fsp3) is 0.625. The van der Waals surface area contributed by atoms with E-state index in [1.165, 1.54) is 12.8 Å². The van der Waals surface area contributed by atoms with Crippen molar-refractivity contribution < 1.29 is 9.47 Å². The minimum absolute atomic E-state index is 0.285. The second-order valence-electron chi connectivity index (χ2n) is 6.02. The molecule has 0 saturated heterocycles. The Morgan fingerprint density at radius 1 is 1.20 bits per heavy atom. The molecule has 2 saturated carbocycles. The molecule has 0 amide bonds. The van der Waals surface area contributed by atoms with Crippen molar-refractivity contribution in [1.82, 2.24) is 0 Å². The molecule has 2 aliphatic rings. The minimum atomic E-state index is -0.299. The molecule has 0 radical (unpaired) electrons. The lowest BCUT2D eigenvalue weighted by atomic mass is 9.72. The van der Waals surface area contributed by atoms with Gasteiger partial charge in [-0.25, -0.2) is 0 Å². The molecule has 4 heteroatoms. The number of methoxy groups -OCH3 is 1. The van der Waals surface area contributed by atoms with Crippen molar-refractivity contribution >= 4 is 11.6 Å². The largest absolute Gasteiger partial charge is 0.493 e. The Bertz CT molecular complexity index is 493. The summed E-state index contributed by atoms with van der Waals surface area (Å²) in [4.78, 5) is 0. The second kappa shape index (κ2) is 5.45. The second-order valence-corrected chi connectivity index (χ2v) is 6.46. The number of benzene rings is 1. The predicted octanol–water partition coefficient (Wildman–Crippen LogP) is 4.01. The first-order valence-corrected chi connectivity index (χ1v) is 7.84. The quantitative estimate of drug-likeness (QED) is 0.913. The monoisotopic (exact) mass is 295 g/mol. The van der Waals surface area contributed by atoms with Crippen LogP contribution in [0.5, 0.6) is 11.5 Å². The summed E-state index contributed by atoms with van der Waals surface area (Å²) in [7, 11) is 1.65. The number of halogens is 1. The molecule has 110 valence electrons. The van der Waals surface area contributed by atoms with Gasteiger partial charge in [0.15, 0.2) is 11.5 Å². The summed E-state index contributed by atoms with van der Waals surface area (Å²) in [5.41, 5.74) is 7.21. The van der Waals surface area contributed by atoms with E-state index in [9.17, 15) is 0 Å². The van der Waals surface area contributed by atoms with E-state index in [0.29, 0.717) is 10.8 Å². The molecule has 0 bridgehead atoms. The third-order valence-electron chi connectivity index (χ3n) is 4.61. The topological polar surface area (TPSA) is 44.5 Å². The molecular formula is C16H22ClNO2. The Morgan fingerprint density at radius 2 is 1.90 bits per heavy atom. The number of ether oxygens (including phenoxy) is 2. The lowest BCUT2D eigenvalue weighted by molar-refractivity contribution is 0.182. The Balaban J connectivity index is 1.99. The highest BCUT2D eigenvalue weighted by Gasteiger charge is 2.38. The SMILES string of the molecule is COc1cc(Cl)cc(C2(N)CCC2)c1OC1CCCC1. The first-order chi connectivity index (χ1) is 9.62. The van der Waals surface area contributed by atoms with Crippen molar-refractivity contribution in [2.45, 2.75) is 56.6 Å². The molecule has 0 unspecified atom stereocenters. The number of rotatable bonds is 4. The standard InChI is InChI=1S/C16H22ClNO2/c1-19-14-10-11(17)9-13(16(18)7-4-8-16)15(14)20-12-5-2-3-6-12/h9-10,12H,2-8,18H2,1H3. The summed E-state index contributed by atoms with van der Waals surface area (Å²) in [5, 5.41) is 0.660. The van der Waals surface area contributed by atoms with Crippen LogP contribution in [0, 0.1) is 0 Å². The molecule has 0 aromatic heterocycles. The maximum absolute atomic E-state index is 6.50. The summed E-state index contributed by atoms with van der Waals surface area (Å²) in [6, 6.07) is 3.77. The van der Waals surface area contributed by atoms with Crippen molar-refractivity contribution in [3.8, 4) is 11.5 Å². The van der Waals surface area contributed by atoms with Gasteiger partial charge in [0.2, 0.25) is 0 Å². The third kappa shape index (κ3) is 2.49. The van der Waals surface area contributed by atoms with Crippen LogP contribution in [0.2, 0.25) is 5.02 Å². The van der Waals surface area contributed by atoms with Crippen LogP contribution < -0.4 is 15.2 Å². The van der Waals surface area contributed by atoms with Gasteiger partial charge in [0.1, 0.15) is 0 Å². The van der Waals surface area contributed by atoms with Gasteiger partial charge in [-0.15, -0.1) is 0 Å². The number of hydrogen-bond acceptors (Lipinski definition) is 3. The average Bonchev–Trinajstić information content (AvgIpc) is 2.90. The van der Waals surface area contributed by atoms with Crippen molar-refractivity contribution in [3.63, 3.8) is 0 Å². The fourth-order valence-electron chi connectivity index (χ4n) is 3.21. The van der Waals surface area contributed by atoms with E-state index in [1.54, 1.807) is 7.11 Å². The van der Waals surface area contributed by atoms with Crippen LogP contribution in [0.15, 0.2) is 12.1 Å². The molecular weight excluding hydrogens is 274 g/mol.